The maximum Gasteiger partial charge on any atom is 0.433 e. The molecule has 2 unspecified atom stereocenters. The molecule has 0 radical (unpaired) electrons. The molecule has 1 fully saturated rings. The lowest BCUT2D eigenvalue weighted by Gasteiger charge is -2.46. The molecule has 5 rings (SSSR count). The molecule has 10 heteroatoms. The Balaban J connectivity index is 1.46. The van der Waals surface area contributed by atoms with E-state index in [-0.39, 0.29) is 11.6 Å². The number of carbonyl (C=O) groups excluding carboxylic acids is 1. The minimum Gasteiger partial charge on any atom is -0.384 e. The van der Waals surface area contributed by atoms with Gasteiger partial charge in [0.15, 0.2) is 0 Å². The number of amides is 1. The number of fused-ring (bicyclic) bond motifs is 3. The number of hydrogen-bond donors (Lipinski definition) is 2. The van der Waals surface area contributed by atoms with E-state index < -0.39 is 23.4 Å². The lowest BCUT2D eigenvalue weighted by molar-refractivity contribution is -0.141. The summed E-state index contributed by atoms with van der Waals surface area (Å²) in [5, 5.41) is 13.7. The molecule has 0 aliphatic carbocycles. The van der Waals surface area contributed by atoms with Gasteiger partial charge < -0.3 is 20.1 Å². The van der Waals surface area contributed by atoms with E-state index in [2.05, 4.69) is 20.2 Å². The molecule has 1 amide bonds. The second kappa shape index (κ2) is 8.86. The number of rotatable bonds is 3. The molecule has 188 valence electrons. The average molecular weight is 499 g/mol. The number of ether oxygens (including phenoxy) is 1. The molecule has 1 aromatic carbocycles. The van der Waals surface area contributed by atoms with Gasteiger partial charge in [-0.2, -0.15) is 13.2 Å². The Morgan fingerprint density at radius 3 is 2.81 bits per heavy atom. The molecule has 2 aliphatic heterocycles. The number of nitrogens with one attached hydrogen (secondary N) is 1. The maximum atomic E-state index is 13.0. The third-order valence-corrected chi connectivity index (χ3v) is 6.67. The number of nitrogens with zero attached hydrogens (tertiary/aromatic N) is 3. The van der Waals surface area contributed by atoms with Crippen LogP contribution in [0.25, 0.3) is 11.1 Å². The minimum absolute atomic E-state index is 0.0481. The van der Waals surface area contributed by atoms with Crippen LogP contribution >= 0.6 is 0 Å². The van der Waals surface area contributed by atoms with E-state index >= 15 is 0 Å². The van der Waals surface area contributed by atoms with Crippen molar-refractivity contribution < 1.29 is 27.8 Å². The Hall–Kier alpha value is -3.50. The highest BCUT2D eigenvalue weighted by Gasteiger charge is 2.41. The molecule has 0 bridgehead atoms. The first-order valence-corrected chi connectivity index (χ1v) is 11.6. The van der Waals surface area contributed by atoms with Gasteiger partial charge in [-0.1, -0.05) is 6.07 Å². The third-order valence-electron chi connectivity index (χ3n) is 6.67. The Morgan fingerprint density at radius 1 is 1.22 bits per heavy atom. The number of aliphatic hydroxyl groups is 1. The molecule has 0 saturated carbocycles. The van der Waals surface area contributed by atoms with Crippen LogP contribution in [0, 0.1) is 6.92 Å². The number of anilines is 2. The molecule has 4 heterocycles. The van der Waals surface area contributed by atoms with Gasteiger partial charge in [-0.3, -0.25) is 14.8 Å². The fraction of sp³-hybridized carbons (Fsp3) is 0.346. The second-order valence-electron chi connectivity index (χ2n) is 9.40. The largest absolute Gasteiger partial charge is 0.433 e. The summed E-state index contributed by atoms with van der Waals surface area (Å²) in [6.45, 7) is 5.50. The number of pyridine rings is 2. The number of carbonyl (C=O) groups is 1. The zero-order valence-electron chi connectivity index (χ0n) is 19.8. The van der Waals surface area contributed by atoms with Crippen LogP contribution in [0.5, 0.6) is 0 Å². The molecule has 2 aromatic heterocycles. The first-order valence-electron chi connectivity index (χ1n) is 11.6. The normalized spacial score (nSPS) is 21.5. The van der Waals surface area contributed by atoms with Crippen LogP contribution in [0.4, 0.5) is 24.5 Å². The number of halogens is 3. The standard InChI is InChI=1S/C26H25F3N4O3/c1-15-3-4-18(32-24(34)16-5-6-30-22(10-16)26(27,28)29)11-20(15)17-9-21-23(31-13-17)25(2,35)12-19-14-36-8-7-33(19)21/h3-6,9-11,13,19,35H,7-8,12,14H2,1-2H3,(H,32,34). The molecule has 0 spiro atoms. The first-order chi connectivity index (χ1) is 17.0. The van der Waals surface area contributed by atoms with Crippen LogP contribution in [-0.4, -0.2) is 46.8 Å². The van der Waals surface area contributed by atoms with Crippen molar-refractivity contribution in [3.05, 3.63) is 71.3 Å². The number of aryl methyl sites for hydroxylation is 1. The van der Waals surface area contributed by atoms with Crippen molar-refractivity contribution >= 4 is 17.3 Å². The first kappa shape index (κ1) is 24.2. The summed E-state index contributed by atoms with van der Waals surface area (Å²) in [6, 6.07) is 9.27. The lowest BCUT2D eigenvalue weighted by atomic mass is 9.85. The lowest BCUT2D eigenvalue weighted by Crippen LogP contribution is -2.53. The molecule has 2 atom stereocenters. The molecule has 3 aromatic rings. The van der Waals surface area contributed by atoms with Gasteiger partial charge in [0.25, 0.3) is 5.91 Å². The van der Waals surface area contributed by atoms with Crippen molar-refractivity contribution in [2.24, 2.45) is 0 Å². The Kier molecular flexibility index (Phi) is 5.96. The quantitative estimate of drug-likeness (QED) is 0.552. The fourth-order valence-corrected chi connectivity index (χ4v) is 4.87. The van der Waals surface area contributed by atoms with E-state index in [1.807, 2.05) is 19.1 Å². The van der Waals surface area contributed by atoms with Crippen LogP contribution < -0.4 is 10.2 Å². The minimum atomic E-state index is -4.64. The number of aromatic nitrogens is 2. The summed E-state index contributed by atoms with van der Waals surface area (Å²) in [6.07, 6.45) is -1.46. The van der Waals surface area contributed by atoms with Crippen molar-refractivity contribution in [1.29, 1.82) is 0 Å². The van der Waals surface area contributed by atoms with Crippen molar-refractivity contribution in [2.75, 3.05) is 30.0 Å². The van der Waals surface area contributed by atoms with Gasteiger partial charge in [0.1, 0.15) is 11.3 Å². The van der Waals surface area contributed by atoms with Crippen LogP contribution in [0.3, 0.4) is 0 Å². The molecule has 36 heavy (non-hydrogen) atoms. The topological polar surface area (TPSA) is 87.6 Å². The van der Waals surface area contributed by atoms with Crippen molar-refractivity contribution in [3.63, 3.8) is 0 Å². The van der Waals surface area contributed by atoms with E-state index in [4.69, 9.17) is 4.74 Å². The van der Waals surface area contributed by atoms with E-state index in [0.717, 1.165) is 34.6 Å². The van der Waals surface area contributed by atoms with Crippen molar-refractivity contribution in [2.45, 2.75) is 38.1 Å². The molecular weight excluding hydrogens is 473 g/mol. The Bertz CT molecular complexity index is 1330. The van der Waals surface area contributed by atoms with Crippen molar-refractivity contribution in [3.8, 4) is 11.1 Å². The predicted octanol–water partition coefficient (Wildman–Crippen LogP) is 4.54. The van der Waals surface area contributed by atoms with E-state index in [0.29, 0.717) is 37.6 Å². The molecule has 1 saturated heterocycles. The SMILES string of the molecule is Cc1ccc(NC(=O)c2ccnc(C(F)(F)F)c2)cc1-c1cnc2c(c1)N1CCOCC1CC2(C)O. The van der Waals surface area contributed by atoms with Crippen LogP contribution in [0.2, 0.25) is 0 Å². The number of alkyl halides is 3. The summed E-state index contributed by atoms with van der Waals surface area (Å²) in [7, 11) is 0. The molecular formula is C26H25F3N4O3. The van der Waals surface area contributed by atoms with Gasteiger partial charge in [-0.25, -0.2) is 0 Å². The highest BCUT2D eigenvalue weighted by molar-refractivity contribution is 6.04. The van der Waals surface area contributed by atoms with Gasteiger partial charge in [0.2, 0.25) is 0 Å². The number of hydrogen-bond acceptors (Lipinski definition) is 6. The summed E-state index contributed by atoms with van der Waals surface area (Å²) in [4.78, 5) is 22.8. The number of benzene rings is 1. The molecule has 2 aliphatic rings. The van der Waals surface area contributed by atoms with E-state index in [1.54, 1.807) is 25.3 Å². The monoisotopic (exact) mass is 498 g/mol. The molecule has 7 nitrogen and oxygen atoms in total. The third kappa shape index (κ3) is 4.54. The number of morpholine rings is 1. The van der Waals surface area contributed by atoms with Gasteiger partial charge in [0, 0.05) is 42.2 Å². The summed E-state index contributed by atoms with van der Waals surface area (Å²) >= 11 is 0. The second-order valence-corrected chi connectivity index (χ2v) is 9.40. The van der Waals surface area contributed by atoms with Crippen LogP contribution in [0.15, 0.2) is 48.8 Å². The zero-order chi connectivity index (χ0) is 25.7. The highest BCUT2D eigenvalue weighted by Crippen LogP contribution is 2.42. The Morgan fingerprint density at radius 2 is 2.03 bits per heavy atom. The predicted molar refractivity (Wildman–Crippen MR) is 128 cm³/mol. The van der Waals surface area contributed by atoms with Crippen LogP contribution in [-0.2, 0) is 16.5 Å². The summed E-state index contributed by atoms with van der Waals surface area (Å²) in [5.41, 5.74) is 2.08. The fourth-order valence-electron chi connectivity index (χ4n) is 4.87. The van der Waals surface area contributed by atoms with Gasteiger partial charge in [0.05, 0.1) is 30.6 Å². The zero-order valence-corrected chi connectivity index (χ0v) is 19.8. The van der Waals surface area contributed by atoms with Crippen LogP contribution in [0.1, 0.15) is 40.7 Å². The average Bonchev–Trinajstić information content (AvgIpc) is 2.84. The van der Waals surface area contributed by atoms with E-state index in [9.17, 15) is 23.1 Å². The summed E-state index contributed by atoms with van der Waals surface area (Å²) in [5.74, 6) is -0.673. The van der Waals surface area contributed by atoms with Gasteiger partial charge in [-0.05, 0) is 55.3 Å². The van der Waals surface area contributed by atoms with Gasteiger partial charge >= 0.3 is 6.18 Å². The van der Waals surface area contributed by atoms with Crippen molar-refractivity contribution in [1.82, 2.24) is 9.97 Å². The Labute approximate surface area is 205 Å². The van der Waals surface area contributed by atoms with E-state index in [1.165, 1.54) is 6.07 Å². The molecule has 2 N–H and O–H groups in total. The summed E-state index contributed by atoms with van der Waals surface area (Å²) < 4.78 is 44.6. The maximum absolute atomic E-state index is 13.0. The highest BCUT2D eigenvalue weighted by atomic mass is 19.4. The van der Waals surface area contributed by atoms with Gasteiger partial charge in [-0.15, -0.1) is 0 Å². The smallest absolute Gasteiger partial charge is 0.384 e.